The van der Waals surface area contributed by atoms with Crippen LogP contribution < -0.4 is 10.1 Å². The fourth-order valence-corrected chi connectivity index (χ4v) is 1.53. The van der Waals surface area contributed by atoms with Crippen LogP contribution in [0.2, 0.25) is 0 Å². The molecule has 7 heteroatoms. The first-order valence-electron chi connectivity index (χ1n) is 5.91. The smallest absolute Gasteiger partial charge is 0.337 e. The summed E-state index contributed by atoms with van der Waals surface area (Å²) in [6.07, 6.45) is 2.46. The van der Waals surface area contributed by atoms with Gasteiger partial charge in [0, 0.05) is 11.9 Å². The van der Waals surface area contributed by atoms with E-state index in [9.17, 15) is 14.0 Å². The lowest BCUT2D eigenvalue weighted by Crippen LogP contribution is -2.20. The molecule has 0 spiro atoms. The maximum absolute atomic E-state index is 12.9. The molecule has 2 rings (SSSR count). The lowest BCUT2D eigenvalue weighted by atomic mass is 10.3. The summed E-state index contributed by atoms with van der Waals surface area (Å²) in [5.74, 6) is -1.95. The molecule has 0 aliphatic heterocycles. The first-order chi connectivity index (χ1) is 10.0. The van der Waals surface area contributed by atoms with Gasteiger partial charge in [-0.05, 0) is 24.3 Å². The van der Waals surface area contributed by atoms with Crippen LogP contribution in [0.25, 0.3) is 0 Å². The lowest BCUT2D eigenvalue weighted by molar-refractivity contribution is -0.118. The zero-order chi connectivity index (χ0) is 15.2. The van der Waals surface area contributed by atoms with E-state index in [1.54, 1.807) is 0 Å². The molecule has 6 nitrogen and oxygen atoms in total. The van der Waals surface area contributed by atoms with Gasteiger partial charge >= 0.3 is 5.97 Å². The molecule has 0 saturated heterocycles. The van der Waals surface area contributed by atoms with Crippen molar-refractivity contribution in [3.05, 3.63) is 54.1 Å². The van der Waals surface area contributed by atoms with Crippen molar-refractivity contribution in [3.8, 4) is 5.75 Å². The summed E-state index contributed by atoms with van der Waals surface area (Å²) in [4.78, 5) is 26.1. The molecule has 1 aromatic heterocycles. The Bertz CT molecular complexity index is 676. The fourth-order valence-electron chi connectivity index (χ4n) is 1.53. The highest BCUT2D eigenvalue weighted by Gasteiger charge is 2.07. The number of nitrogens with one attached hydrogen (secondary N) is 1. The van der Waals surface area contributed by atoms with Gasteiger partial charge in [0.2, 0.25) is 0 Å². The molecule has 2 N–H and O–H groups in total. The number of amides is 1. The van der Waals surface area contributed by atoms with Gasteiger partial charge in [-0.25, -0.2) is 9.18 Å². The molecule has 0 aliphatic rings. The van der Waals surface area contributed by atoms with Gasteiger partial charge in [-0.15, -0.1) is 0 Å². The number of pyridine rings is 1. The number of halogens is 1. The predicted octanol–water partition coefficient (Wildman–Crippen LogP) is 1.94. The van der Waals surface area contributed by atoms with Gasteiger partial charge in [-0.1, -0.05) is 6.07 Å². The summed E-state index contributed by atoms with van der Waals surface area (Å²) in [6.45, 7) is -0.346. The molecule has 0 radical (unpaired) electrons. The number of hydrogen-bond acceptors (Lipinski definition) is 4. The van der Waals surface area contributed by atoms with Crippen LogP contribution in [0.15, 0.2) is 42.7 Å². The lowest BCUT2D eigenvalue weighted by Gasteiger charge is -2.07. The minimum Gasteiger partial charge on any atom is -0.482 e. The zero-order valence-electron chi connectivity index (χ0n) is 10.7. The predicted molar refractivity (Wildman–Crippen MR) is 71.7 cm³/mol. The highest BCUT2D eigenvalue weighted by Crippen LogP contribution is 2.12. The summed E-state index contributed by atoms with van der Waals surface area (Å²) < 4.78 is 18.1. The summed E-state index contributed by atoms with van der Waals surface area (Å²) in [5.41, 5.74) is 0.263. The van der Waals surface area contributed by atoms with Crippen molar-refractivity contribution in [2.24, 2.45) is 0 Å². The number of hydrogen-bond donors (Lipinski definition) is 2. The second-order valence-electron chi connectivity index (χ2n) is 4.06. The van der Waals surface area contributed by atoms with Gasteiger partial charge in [-0.3, -0.25) is 9.78 Å². The van der Waals surface area contributed by atoms with E-state index < -0.39 is 17.7 Å². The molecule has 0 aliphatic carbocycles. The van der Waals surface area contributed by atoms with Gasteiger partial charge in [0.1, 0.15) is 11.6 Å². The molecule has 0 bridgehead atoms. The Labute approximate surface area is 119 Å². The number of carboxylic acids is 1. The highest BCUT2D eigenvalue weighted by molar-refractivity contribution is 5.92. The van der Waals surface area contributed by atoms with E-state index in [0.29, 0.717) is 5.69 Å². The molecule has 108 valence electrons. The van der Waals surface area contributed by atoms with Crippen molar-refractivity contribution in [2.45, 2.75) is 0 Å². The normalized spacial score (nSPS) is 9.95. The third-order valence-corrected chi connectivity index (χ3v) is 2.44. The number of nitrogens with zero attached hydrogens (tertiary/aromatic N) is 1. The Kier molecular flexibility index (Phi) is 4.45. The molecule has 2 aromatic rings. The van der Waals surface area contributed by atoms with E-state index in [0.717, 1.165) is 0 Å². The molecule has 0 fully saturated rings. The SMILES string of the molecule is O=C(COc1cncc(C(=O)O)c1)Nc1cccc(F)c1. The maximum atomic E-state index is 12.9. The van der Waals surface area contributed by atoms with E-state index in [2.05, 4.69) is 10.3 Å². The quantitative estimate of drug-likeness (QED) is 0.878. The number of aromatic nitrogens is 1. The molecular formula is C14H11FN2O4. The van der Waals surface area contributed by atoms with Crippen molar-refractivity contribution in [1.82, 2.24) is 4.98 Å². The van der Waals surface area contributed by atoms with E-state index >= 15 is 0 Å². The minimum absolute atomic E-state index is 0.0435. The van der Waals surface area contributed by atoms with Crippen LogP contribution in [0.5, 0.6) is 5.75 Å². The minimum atomic E-state index is -1.14. The average Bonchev–Trinajstić information content (AvgIpc) is 2.45. The first-order valence-corrected chi connectivity index (χ1v) is 5.91. The Balaban J connectivity index is 1.92. The number of rotatable bonds is 5. The summed E-state index contributed by atoms with van der Waals surface area (Å²) in [5, 5.41) is 11.2. The molecule has 0 atom stereocenters. The standard InChI is InChI=1S/C14H11FN2O4/c15-10-2-1-3-11(5-10)17-13(18)8-21-12-4-9(14(19)20)6-16-7-12/h1-7H,8H2,(H,17,18)(H,19,20). The van der Waals surface area contributed by atoms with Crippen molar-refractivity contribution in [3.63, 3.8) is 0 Å². The summed E-state index contributed by atoms with van der Waals surface area (Å²) in [6, 6.07) is 6.68. The number of anilines is 1. The van der Waals surface area contributed by atoms with E-state index in [-0.39, 0.29) is 17.9 Å². The molecule has 1 amide bonds. The van der Waals surface area contributed by atoms with E-state index in [1.807, 2.05) is 0 Å². The number of carbonyl (C=O) groups is 2. The van der Waals surface area contributed by atoms with Crippen LogP contribution in [0, 0.1) is 5.82 Å². The van der Waals surface area contributed by atoms with Crippen LogP contribution in [-0.2, 0) is 4.79 Å². The number of ether oxygens (including phenoxy) is 1. The van der Waals surface area contributed by atoms with Crippen LogP contribution in [0.4, 0.5) is 10.1 Å². The number of aromatic carboxylic acids is 1. The summed E-state index contributed by atoms with van der Waals surface area (Å²) in [7, 11) is 0. The third-order valence-electron chi connectivity index (χ3n) is 2.44. The Morgan fingerprint density at radius 1 is 1.29 bits per heavy atom. The molecule has 0 saturated carbocycles. The van der Waals surface area contributed by atoms with E-state index in [1.165, 1.54) is 42.7 Å². The average molecular weight is 290 g/mol. The summed E-state index contributed by atoms with van der Waals surface area (Å²) >= 11 is 0. The van der Waals surface area contributed by atoms with Crippen molar-refractivity contribution in [2.75, 3.05) is 11.9 Å². The number of carboxylic acid groups (broad SMARTS) is 1. The van der Waals surface area contributed by atoms with Crippen LogP contribution in [0.1, 0.15) is 10.4 Å². The molecule has 21 heavy (non-hydrogen) atoms. The van der Waals surface area contributed by atoms with Gasteiger partial charge in [0.25, 0.3) is 5.91 Å². The molecule has 1 heterocycles. The van der Waals surface area contributed by atoms with Crippen molar-refractivity contribution in [1.29, 1.82) is 0 Å². The van der Waals surface area contributed by atoms with Crippen LogP contribution in [-0.4, -0.2) is 28.6 Å². The maximum Gasteiger partial charge on any atom is 0.337 e. The fraction of sp³-hybridized carbons (Fsp3) is 0.0714. The Hall–Kier alpha value is -2.96. The largest absolute Gasteiger partial charge is 0.482 e. The second-order valence-corrected chi connectivity index (χ2v) is 4.06. The molecule has 1 aromatic carbocycles. The van der Waals surface area contributed by atoms with Gasteiger partial charge in [0.05, 0.1) is 11.8 Å². The second kappa shape index (κ2) is 6.47. The number of carbonyl (C=O) groups excluding carboxylic acids is 1. The van der Waals surface area contributed by atoms with Crippen molar-refractivity contribution < 1.29 is 23.8 Å². The van der Waals surface area contributed by atoms with Crippen LogP contribution >= 0.6 is 0 Å². The van der Waals surface area contributed by atoms with Crippen molar-refractivity contribution >= 4 is 17.6 Å². The third kappa shape index (κ3) is 4.27. The highest BCUT2D eigenvalue weighted by atomic mass is 19.1. The monoisotopic (exact) mass is 290 g/mol. The Morgan fingerprint density at radius 3 is 2.81 bits per heavy atom. The molecule has 0 unspecified atom stereocenters. The first kappa shape index (κ1) is 14.4. The van der Waals surface area contributed by atoms with E-state index in [4.69, 9.17) is 9.84 Å². The Morgan fingerprint density at radius 2 is 2.10 bits per heavy atom. The van der Waals surface area contributed by atoms with Gasteiger partial charge < -0.3 is 15.2 Å². The van der Waals surface area contributed by atoms with Gasteiger partial charge in [0.15, 0.2) is 6.61 Å². The van der Waals surface area contributed by atoms with Gasteiger partial charge in [-0.2, -0.15) is 0 Å². The number of benzene rings is 1. The molecular weight excluding hydrogens is 279 g/mol. The zero-order valence-corrected chi connectivity index (χ0v) is 10.7. The van der Waals surface area contributed by atoms with Crippen LogP contribution in [0.3, 0.4) is 0 Å². The topological polar surface area (TPSA) is 88.5 Å².